The average molecular weight is 253 g/mol. The van der Waals surface area contributed by atoms with Crippen molar-refractivity contribution in [2.75, 3.05) is 19.6 Å². The molecule has 1 atom stereocenters. The second-order valence-corrected chi connectivity index (χ2v) is 6.41. The topological polar surface area (TPSA) is 40.5 Å². The number of hydrogen-bond acceptors (Lipinski definition) is 2. The molecule has 1 unspecified atom stereocenters. The van der Waals surface area contributed by atoms with Crippen LogP contribution in [0.15, 0.2) is 0 Å². The molecule has 0 amide bonds. The molecule has 0 radical (unpaired) electrons. The van der Waals surface area contributed by atoms with E-state index in [2.05, 4.69) is 11.8 Å². The number of nitrogens with zero attached hydrogens (tertiary/aromatic N) is 1. The summed E-state index contributed by atoms with van der Waals surface area (Å²) in [7, 11) is 0. The van der Waals surface area contributed by atoms with Crippen LogP contribution in [0.25, 0.3) is 0 Å². The Labute approximate surface area is 111 Å². The summed E-state index contributed by atoms with van der Waals surface area (Å²) in [5.41, 5.74) is 0.697. The zero-order valence-electron chi connectivity index (χ0n) is 11.7. The van der Waals surface area contributed by atoms with Crippen molar-refractivity contribution in [3.63, 3.8) is 0 Å². The third kappa shape index (κ3) is 3.47. The van der Waals surface area contributed by atoms with E-state index in [1.165, 1.54) is 51.7 Å². The number of carboxylic acid groups (broad SMARTS) is 1. The first-order valence-corrected chi connectivity index (χ1v) is 7.58. The maximum Gasteiger partial charge on any atom is 0.303 e. The van der Waals surface area contributed by atoms with E-state index in [0.717, 1.165) is 12.8 Å². The Bertz CT molecular complexity index is 276. The van der Waals surface area contributed by atoms with Gasteiger partial charge in [0, 0.05) is 19.5 Å². The molecule has 1 saturated heterocycles. The van der Waals surface area contributed by atoms with E-state index in [-0.39, 0.29) is 0 Å². The largest absolute Gasteiger partial charge is 0.481 e. The Kier molecular flexibility index (Phi) is 4.66. The van der Waals surface area contributed by atoms with Crippen LogP contribution in [0.2, 0.25) is 0 Å². The summed E-state index contributed by atoms with van der Waals surface area (Å²) in [6.45, 7) is 5.98. The van der Waals surface area contributed by atoms with Crippen LogP contribution < -0.4 is 0 Å². The van der Waals surface area contributed by atoms with Crippen LogP contribution in [0, 0.1) is 11.3 Å². The van der Waals surface area contributed by atoms with Gasteiger partial charge in [-0.1, -0.05) is 26.2 Å². The molecule has 1 saturated carbocycles. The number of carbonyl (C=O) groups is 1. The zero-order valence-corrected chi connectivity index (χ0v) is 11.7. The zero-order chi connectivity index (χ0) is 13.0. The molecule has 2 rings (SSSR count). The van der Waals surface area contributed by atoms with Crippen molar-refractivity contribution in [1.29, 1.82) is 0 Å². The fourth-order valence-electron chi connectivity index (χ4n) is 3.75. The normalized spacial score (nSPS) is 24.1. The van der Waals surface area contributed by atoms with Crippen LogP contribution in [0.4, 0.5) is 0 Å². The van der Waals surface area contributed by atoms with E-state index in [4.69, 9.17) is 5.11 Å². The monoisotopic (exact) mass is 253 g/mol. The number of likely N-dealkylation sites (tertiary alicyclic amines) is 1. The molecular formula is C15H27NO2. The molecule has 1 heterocycles. The molecule has 18 heavy (non-hydrogen) atoms. The Morgan fingerprint density at radius 1 is 1.28 bits per heavy atom. The van der Waals surface area contributed by atoms with Gasteiger partial charge in [0.1, 0.15) is 0 Å². The van der Waals surface area contributed by atoms with Crippen molar-refractivity contribution >= 4 is 5.97 Å². The van der Waals surface area contributed by atoms with Crippen LogP contribution >= 0.6 is 0 Å². The minimum absolute atomic E-state index is 0.336. The molecule has 1 N–H and O–H groups in total. The van der Waals surface area contributed by atoms with Gasteiger partial charge in [-0.3, -0.25) is 4.79 Å². The molecular weight excluding hydrogens is 226 g/mol. The Morgan fingerprint density at radius 3 is 2.50 bits per heavy atom. The minimum atomic E-state index is -0.651. The molecule has 2 fully saturated rings. The SMILES string of the molecule is CCC(CCC(=O)O)CCN1CC2(CCCC2)C1. The third-order valence-electron chi connectivity index (χ3n) is 4.98. The first-order chi connectivity index (χ1) is 8.63. The summed E-state index contributed by atoms with van der Waals surface area (Å²) in [5, 5.41) is 8.72. The van der Waals surface area contributed by atoms with Crippen LogP contribution in [-0.2, 0) is 4.79 Å². The van der Waals surface area contributed by atoms with Crippen molar-refractivity contribution in [3.05, 3.63) is 0 Å². The van der Waals surface area contributed by atoms with Crippen LogP contribution in [-0.4, -0.2) is 35.6 Å². The molecule has 2 aliphatic rings. The molecule has 1 spiro atoms. The first-order valence-electron chi connectivity index (χ1n) is 7.58. The van der Waals surface area contributed by atoms with Crippen molar-refractivity contribution in [2.24, 2.45) is 11.3 Å². The van der Waals surface area contributed by atoms with Gasteiger partial charge in [-0.15, -0.1) is 0 Å². The van der Waals surface area contributed by atoms with E-state index in [1.54, 1.807) is 0 Å². The van der Waals surface area contributed by atoms with Gasteiger partial charge in [-0.05, 0) is 43.6 Å². The Hall–Kier alpha value is -0.570. The lowest BCUT2D eigenvalue weighted by Crippen LogP contribution is -2.55. The maximum atomic E-state index is 10.6. The standard InChI is InChI=1S/C15H27NO2/c1-2-13(5-6-14(17)18)7-10-16-11-15(12-16)8-3-4-9-15/h13H,2-12H2,1H3,(H,17,18). The molecule has 0 aromatic rings. The highest BCUT2D eigenvalue weighted by atomic mass is 16.4. The lowest BCUT2D eigenvalue weighted by Gasteiger charge is -2.49. The summed E-state index contributed by atoms with van der Waals surface area (Å²) in [4.78, 5) is 13.2. The number of carboxylic acids is 1. The molecule has 0 aromatic heterocycles. The summed E-state index contributed by atoms with van der Waals surface area (Å²) in [6, 6.07) is 0. The molecule has 1 aliphatic carbocycles. The van der Waals surface area contributed by atoms with E-state index < -0.39 is 5.97 Å². The molecule has 3 heteroatoms. The fraction of sp³-hybridized carbons (Fsp3) is 0.933. The van der Waals surface area contributed by atoms with E-state index >= 15 is 0 Å². The van der Waals surface area contributed by atoms with Gasteiger partial charge < -0.3 is 10.0 Å². The van der Waals surface area contributed by atoms with E-state index in [0.29, 0.717) is 17.8 Å². The summed E-state index contributed by atoms with van der Waals surface area (Å²) < 4.78 is 0. The second-order valence-electron chi connectivity index (χ2n) is 6.41. The highest BCUT2D eigenvalue weighted by molar-refractivity contribution is 5.66. The highest BCUT2D eigenvalue weighted by Crippen LogP contribution is 2.45. The maximum absolute atomic E-state index is 10.6. The Morgan fingerprint density at radius 2 is 1.94 bits per heavy atom. The molecule has 0 aromatic carbocycles. The quantitative estimate of drug-likeness (QED) is 0.757. The van der Waals surface area contributed by atoms with Gasteiger partial charge in [0.15, 0.2) is 0 Å². The van der Waals surface area contributed by atoms with Gasteiger partial charge in [0.25, 0.3) is 0 Å². The lowest BCUT2D eigenvalue weighted by atomic mass is 9.78. The smallest absolute Gasteiger partial charge is 0.303 e. The van der Waals surface area contributed by atoms with Gasteiger partial charge in [-0.2, -0.15) is 0 Å². The molecule has 104 valence electrons. The Balaban J connectivity index is 1.61. The molecule has 3 nitrogen and oxygen atoms in total. The van der Waals surface area contributed by atoms with Crippen LogP contribution in [0.1, 0.15) is 58.3 Å². The second kappa shape index (κ2) is 6.05. The van der Waals surface area contributed by atoms with Crippen LogP contribution in [0.3, 0.4) is 0 Å². The molecule has 0 bridgehead atoms. The van der Waals surface area contributed by atoms with Crippen molar-refractivity contribution in [2.45, 2.75) is 58.3 Å². The van der Waals surface area contributed by atoms with E-state index in [9.17, 15) is 4.79 Å². The lowest BCUT2D eigenvalue weighted by molar-refractivity contribution is -0.137. The third-order valence-corrected chi connectivity index (χ3v) is 4.98. The van der Waals surface area contributed by atoms with Gasteiger partial charge in [0.2, 0.25) is 0 Å². The van der Waals surface area contributed by atoms with Gasteiger partial charge >= 0.3 is 5.97 Å². The van der Waals surface area contributed by atoms with Gasteiger partial charge in [-0.25, -0.2) is 0 Å². The van der Waals surface area contributed by atoms with Crippen molar-refractivity contribution < 1.29 is 9.90 Å². The predicted molar refractivity (Wildman–Crippen MR) is 72.6 cm³/mol. The molecule has 1 aliphatic heterocycles. The summed E-state index contributed by atoms with van der Waals surface area (Å²) in [5.74, 6) is -0.0523. The minimum Gasteiger partial charge on any atom is -0.481 e. The van der Waals surface area contributed by atoms with Crippen molar-refractivity contribution in [1.82, 2.24) is 4.90 Å². The summed E-state index contributed by atoms with van der Waals surface area (Å²) >= 11 is 0. The summed E-state index contributed by atoms with van der Waals surface area (Å²) in [6.07, 6.45) is 9.24. The van der Waals surface area contributed by atoms with E-state index in [1.807, 2.05) is 0 Å². The van der Waals surface area contributed by atoms with Crippen LogP contribution in [0.5, 0.6) is 0 Å². The van der Waals surface area contributed by atoms with Crippen molar-refractivity contribution in [3.8, 4) is 0 Å². The first kappa shape index (κ1) is 13.9. The number of hydrogen-bond donors (Lipinski definition) is 1. The van der Waals surface area contributed by atoms with Gasteiger partial charge in [0.05, 0.1) is 0 Å². The fourth-order valence-corrected chi connectivity index (χ4v) is 3.75. The highest BCUT2D eigenvalue weighted by Gasteiger charge is 2.44. The average Bonchev–Trinajstić information content (AvgIpc) is 2.77. The number of aliphatic carboxylic acids is 1. The predicted octanol–water partition coefficient (Wildman–Crippen LogP) is 3.14. The number of rotatable bonds is 7.